The monoisotopic (exact) mass is 209 g/mol. The van der Waals surface area contributed by atoms with Gasteiger partial charge in [-0.15, -0.1) is 10.2 Å². The molecule has 0 aliphatic rings. The number of hydrogen-bond donors (Lipinski definition) is 2. The summed E-state index contributed by atoms with van der Waals surface area (Å²) in [5.41, 5.74) is -0.116. The lowest BCUT2D eigenvalue weighted by molar-refractivity contribution is 0.0689. The molecule has 0 saturated carbocycles. The molecular formula is C10H15N3O2. The average molecular weight is 209 g/mol. The first-order valence-corrected chi connectivity index (χ1v) is 4.80. The van der Waals surface area contributed by atoms with Crippen LogP contribution in [-0.2, 0) is 0 Å². The van der Waals surface area contributed by atoms with Gasteiger partial charge >= 0.3 is 5.97 Å². The molecular weight excluding hydrogens is 194 g/mol. The van der Waals surface area contributed by atoms with E-state index in [-0.39, 0.29) is 11.2 Å². The fourth-order valence-corrected chi connectivity index (χ4v) is 0.948. The summed E-state index contributed by atoms with van der Waals surface area (Å²) in [6.45, 7) is 6.14. The van der Waals surface area contributed by atoms with Crippen molar-refractivity contribution in [1.29, 1.82) is 0 Å². The molecule has 0 atom stereocenters. The lowest BCUT2D eigenvalue weighted by atomic mass is 10.0. The predicted molar refractivity (Wildman–Crippen MR) is 57.0 cm³/mol. The van der Waals surface area contributed by atoms with Gasteiger partial charge in [-0.25, -0.2) is 4.79 Å². The van der Waals surface area contributed by atoms with E-state index in [0.717, 1.165) is 6.42 Å². The second-order valence-electron chi connectivity index (χ2n) is 3.97. The molecule has 0 aromatic carbocycles. The molecule has 0 fully saturated rings. The Morgan fingerprint density at radius 2 is 2.13 bits per heavy atom. The van der Waals surface area contributed by atoms with Crippen molar-refractivity contribution in [3.8, 4) is 0 Å². The maximum Gasteiger partial charge on any atom is 0.356 e. The van der Waals surface area contributed by atoms with Crippen LogP contribution in [0.15, 0.2) is 12.1 Å². The highest BCUT2D eigenvalue weighted by molar-refractivity contribution is 5.85. The molecule has 1 aromatic heterocycles. The Balaban J connectivity index is 2.77. The number of nitrogens with zero attached hydrogens (tertiary/aromatic N) is 2. The zero-order valence-corrected chi connectivity index (χ0v) is 9.11. The molecule has 82 valence electrons. The van der Waals surface area contributed by atoms with Crippen molar-refractivity contribution in [2.75, 3.05) is 5.32 Å². The second-order valence-corrected chi connectivity index (χ2v) is 3.97. The fraction of sp³-hybridized carbons (Fsp3) is 0.500. The lowest BCUT2D eigenvalue weighted by Crippen LogP contribution is -2.30. The molecule has 0 amide bonds. The van der Waals surface area contributed by atoms with E-state index in [4.69, 9.17) is 5.11 Å². The molecule has 1 heterocycles. The highest BCUT2D eigenvalue weighted by atomic mass is 16.4. The summed E-state index contributed by atoms with van der Waals surface area (Å²) >= 11 is 0. The Hall–Kier alpha value is -1.65. The molecule has 0 radical (unpaired) electrons. The Kier molecular flexibility index (Phi) is 3.24. The van der Waals surface area contributed by atoms with Gasteiger partial charge in [-0.1, -0.05) is 6.92 Å². The van der Waals surface area contributed by atoms with Crippen LogP contribution in [0.25, 0.3) is 0 Å². The summed E-state index contributed by atoms with van der Waals surface area (Å²) in [7, 11) is 0. The normalized spacial score (nSPS) is 11.1. The van der Waals surface area contributed by atoms with E-state index < -0.39 is 5.97 Å². The molecule has 5 nitrogen and oxygen atoms in total. The van der Waals surface area contributed by atoms with Gasteiger partial charge in [0, 0.05) is 5.54 Å². The second kappa shape index (κ2) is 4.25. The van der Waals surface area contributed by atoms with Crippen molar-refractivity contribution in [3.05, 3.63) is 17.8 Å². The minimum absolute atomic E-state index is 0.0464. The summed E-state index contributed by atoms with van der Waals surface area (Å²) in [4.78, 5) is 10.5. The van der Waals surface area contributed by atoms with Crippen LogP contribution in [0.5, 0.6) is 0 Å². The van der Waals surface area contributed by atoms with Crippen molar-refractivity contribution in [2.45, 2.75) is 32.7 Å². The van der Waals surface area contributed by atoms with Gasteiger partial charge in [-0.3, -0.25) is 0 Å². The Morgan fingerprint density at radius 3 is 2.53 bits per heavy atom. The van der Waals surface area contributed by atoms with E-state index in [1.54, 1.807) is 6.07 Å². The summed E-state index contributed by atoms with van der Waals surface area (Å²) in [6, 6.07) is 3.05. The van der Waals surface area contributed by atoms with Crippen LogP contribution in [0.2, 0.25) is 0 Å². The Bertz CT molecular complexity index is 346. The smallest absolute Gasteiger partial charge is 0.356 e. The Morgan fingerprint density at radius 1 is 1.47 bits per heavy atom. The predicted octanol–water partition coefficient (Wildman–Crippen LogP) is 1.78. The van der Waals surface area contributed by atoms with Crippen molar-refractivity contribution < 1.29 is 9.90 Å². The highest BCUT2D eigenvalue weighted by Gasteiger charge is 2.15. The van der Waals surface area contributed by atoms with Crippen LogP contribution in [0.3, 0.4) is 0 Å². The number of carbonyl (C=O) groups is 1. The molecule has 0 spiro atoms. The van der Waals surface area contributed by atoms with Crippen molar-refractivity contribution in [1.82, 2.24) is 10.2 Å². The number of carboxylic acids is 1. The van der Waals surface area contributed by atoms with E-state index in [0.29, 0.717) is 5.82 Å². The Labute approximate surface area is 88.5 Å². The fourth-order valence-electron chi connectivity index (χ4n) is 0.948. The maximum atomic E-state index is 10.5. The quantitative estimate of drug-likeness (QED) is 0.790. The molecule has 0 aliphatic heterocycles. The standard InChI is InChI=1S/C10H15N3O2/c1-4-10(2,3)11-8-6-5-7(9(14)15)12-13-8/h5-6H,4H2,1-3H3,(H,11,13)(H,14,15). The van der Waals surface area contributed by atoms with E-state index in [1.165, 1.54) is 6.07 Å². The third-order valence-electron chi connectivity index (χ3n) is 2.23. The van der Waals surface area contributed by atoms with Gasteiger partial charge in [-0.05, 0) is 32.4 Å². The molecule has 5 heteroatoms. The molecule has 0 bridgehead atoms. The summed E-state index contributed by atoms with van der Waals surface area (Å²) in [5.74, 6) is -0.476. The SMILES string of the molecule is CCC(C)(C)Nc1ccc(C(=O)O)nn1. The van der Waals surface area contributed by atoms with Gasteiger partial charge < -0.3 is 10.4 Å². The first kappa shape index (κ1) is 11.4. The van der Waals surface area contributed by atoms with Crippen LogP contribution in [0.4, 0.5) is 5.82 Å². The van der Waals surface area contributed by atoms with E-state index in [2.05, 4.69) is 22.4 Å². The van der Waals surface area contributed by atoms with Crippen LogP contribution in [0.1, 0.15) is 37.7 Å². The first-order chi connectivity index (χ1) is 6.94. The minimum atomic E-state index is -1.07. The number of nitrogens with one attached hydrogen (secondary N) is 1. The summed E-state index contributed by atoms with van der Waals surface area (Å²) in [6.07, 6.45) is 0.940. The number of aromatic carboxylic acids is 1. The third-order valence-corrected chi connectivity index (χ3v) is 2.23. The van der Waals surface area contributed by atoms with Gasteiger partial charge in [0.2, 0.25) is 0 Å². The average Bonchev–Trinajstić information content (AvgIpc) is 2.18. The third kappa shape index (κ3) is 3.19. The topological polar surface area (TPSA) is 75.1 Å². The highest BCUT2D eigenvalue weighted by Crippen LogP contribution is 2.14. The van der Waals surface area contributed by atoms with E-state index in [1.807, 2.05) is 13.8 Å². The van der Waals surface area contributed by atoms with Gasteiger partial charge in [0.05, 0.1) is 0 Å². The maximum absolute atomic E-state index is 10.5. The first-order valence-electron chi connectivity index (χ1n) is 4.80. The van der Waals surface area contributed by atoms with Crippen LogP contribution in [0, 0.1) is 0 Å². The molecule has 2 N–H and O–H groups in total. The molecule has 15 heavy (non-hydrogen) atoms. The van der Waals surface area contributed by atoms with Gasteiger partial charge in [0.25, 0.3) is 0 Å². The molecule has 1 rings (SSSR count). The van der Waals surface area contributed by atoms with Gasteiger partial charge in [-0.2, -0.15) is 0 Å². The zero-order valence-electron chi connectivity index (χ0n) is 9.11. The summed E-state index contributed by atoms with van der Waals surface area (Å²) in [5, 5.41) is 19.2. The van der Waals surface area contributed by atoms with Gasteiger partial charge in [0.1, 0.15) is 5.82 Å². The van der Waals surface area contributed by atoms with Crippen LogP contribution in [-0.4, -0.2) is 26.8 Å². The molecule has 0 unspecified atom stereocenters. The largest absolute Gasteiger partial charge is 0.476 e. The number of anilines is 1. The number of aromatic nitrogens is 2. The van der Waals surface area contributed by atoms with E-state index >= 15 is 0 Å². The lowest BCUT2D eigenvalue weighted by Gasteiger charge is -2.24. The van der Waals surface area contributed by atoms with Crippen LogP contribution >= 0.6 is 0 Å². The van der Waals surface area contributed by atoms with E-state index in [9.17, 15) is 4.79 Å². The van der Waals surface area contributed by atoms with Gasteiger partial charge in [0.15, 0.2) is 5.69 Å². The van der Waals surface area contributed by atoms with Crippen molar-refractivity contribution >= 4 is 11.8 Å². The number of hydrogen-bond acceptors (Lipinski definition) is 4. The number of carboxylic acid groups (broad SMARTS) is 1. The molecule has 1 aromatic rings. The molecule has 0 aliphatic carbocycles. The minimum Gasteiger partial charge on any atom is -0.476 e. The number of rotatable bonds is 4. The van der Waals surface area contributed by atoms with Crippen molar-refractivity contribution in [3.63, 3.8) is 0 Å². The van der Waals surface area contributed by atoms with Crippen LogP contribution < -0.4 is 5.32 Å². The summed E-state index contributed by atoms with van der Waals surface area (Å²) < 4.78 is 0. The zero-order chi connectivity index (χ0) is 11.5. The van der Waals surface area contributed by atoms with Crippen molar-refractivity contribution in [2.24, 2.45) is 0 Å². The molecule has 0 saturated heterocycles.